The lowest BCUT2D eigenvalue weighted by Gasteiger charge is -2.08. The number of nitro groups is 1. The van der Waals surface area contributed by atoms with Gasteiger partial charge in [-0.25, -0.2) is 0 Å². The lowest BCUT2D eigenvalue weighted by atomic mass is 10.3. The Kier molecular flexibility index (Phi) is 4.68. The Bertz CT molecular complexity index is 678. The normalized spacial score (nSPS) is 9.95. The highest BCUT2D eigenvalue weighted by Crippen LogP contribution is 2.23. The van der Waals surface area contributed by atoms with Gasteiger partial charge in [0.05, 0.1) is 10.7 Å². The number of rotatable bonds is 5. The summed E-state index contributed by atoms with van der Waals surface area (Å²) in [5, 5.41) is 13.7. The van der Waals surface area contributed by atoms with Gasteiger partial charge in [-0.3, -0.25) is 4.79 Å². The molecule has 0 fully saturated rings. The van der Waals surface area contributed by atoms with E-state index in [-0.39, 0.29) is 5.75 Å². The first-order valence-electron chi connectivity index (χ1n) is 5.84. The van der Waals surface area contributed by atoms with E-state index in [0.29, 0.717) is 10.7 Å². The average Bonchev–Trinajstić information content (AvgIpc) is 2.48. The number of para-hydroxylation sites is 1. The molecule has 0 radical (unpaired) electrons. The monoisotopic (exact) mass is 307 g/mol. The highest BCUT2D eigenvalue weighted by molar-refractivity contribution is 6.33. The quantitative estimate of drug-likeness (QED) is 0.677. The molecule has 0 unspecified atom stereocenters. The SMILES string of the molecule is O=C(COc1cccnc1[N+](=O)[O-])Nc1ccccc1Cl. The number of hydrogen-bond acceptors (Lipinski definition) is 5. The van der Waals surface area contributed by atoms with Crippen LogP contribution < -0.4 is 10.1 Å². The molecule has 0 saturated carbocycles. The minimum absolute atomic E-state index is 0.0724. The summed E-state index contributed by atoms with van der Waals surface area (Å²) in [6.45, 7) is -0.391. The van der Waals surface area contributed by atoms with Crippen LogP contribution >= 0.6 is 11.6 Å². The topological polar surface area (TPSA) is 94.4 Å². The van der Waals surface area contributed by atoms with Crippen LogP contribution in [0.4, 0.5) is 11.5 Å². The van der Waals surface area contributed by atoms with Gasteiger partial charge in [0, 0.05) is 0 Å². The van der Waals surface area contributed by atoms with Gasteiger partial charge in [-0.05, 0) is 34.2 Å². The summed E-state index contributed by atoms with van der Waals surface area (Å²) >= 11 is 5.90. The van der Waals surface area contributed by atoms with Gasteiger partial charge < -0.3 is 20.2 Å². The molecule has 0 aliphatic carbocycles. The molecule has 0 aliphatic rings. The van der Waals surface area contributed by atoms with Gasteiger partial charge in [0.1, 0.15) is 6.20 Å². The van der Waals surface area contributed by atoms with Crippen LogP contribution in [0.2, 0.25) is 5.02 Å². The van der Waals surface area contributed by atoms with Crippen LogP contribution in [-0.4, -0.2) is 22.4 Å². The van der Waals surface area contributed by atoms with Crippen LogP contribution in [0.5, 0.6) is 5.75 Å². The van der Waals surface area contributed by atoms with Crippen molar-refractivity contribution < 1.29 is 14.5 Å². The number of carbonyl (C=O) groups is 1. The number of carbonyl (C=O) groups excluding carboxylic acids is 1. The summed E-state index contributed by atoms with van der Waals surface area (Å²) in [5.41, 5.74) is 0.438. The van der Waals surface area contributed by atoms with E-state index in [1.54, 1.807) is 24.3 Å². The van der Waals surface area contributed by atoms with Gasteiger partial charge in [-0.15, -0.1) is 0 Å². The number of amides is 1. The molecule has 0 aliphatic heterocycles. The molecule has 1 aromatic carbocycles. The van der Waals surface area contributed by atoms with Crippen LogP contribution in [0.15, 0.2) is 42.6 Å². The molecule has 1 amide bonds. The number of nitrogens with zero attached hydrogens (tertiary/aromatic N) is 2. The van der Waals surface area contributed by atoms with Gasteiger partial charge in [-0.2, -0.15) is 0 Å². The highest BCUT2D eigenvalue weighted by atomic mass is 35.5. The van der Waals surface area contributed by atoms with E-state index in [1.165, 1.54) is 18.3 Å². The maximum Gasteiger partial charge on any atom is 0.406 e. The average molecular weight is 308 g/mol. The largest absolute Gasteiger partial charge is 0.476 e. The first-order chi connectivity index (χ1) is 10.1. The smallest absolute Gasteiger partial charge is 0.406 e. The molecule has 0 spiro atoms. The third-order valence-corrected chi connectivity index (χ3v) is 2.76. The Morgan fingerprint density at radius 2 is 2.10 bits per heavy atom. The van der Waals surface area contributed by atoms with Gasteiger partial charge in [-0.1, -0.05) is 23.7 Å². The number of halogens is 1. The summed E-state index contributed by atoms with van der Waals surface area (Å²) in [6.07, 6.45) is 1.27. The zero-order valence-corrected chi connectivity index (χ0v) is 11.4. The van der Waals surface area contributed by atoms with Crippen molar-refractivity contribution in [2.75, 3.05) is 11.9 Å². The van der Waals surface area contributed by atoms with Crippen molar-refractivity contribution in [3.05, 3.63) is 57.7 Å². The van der Waals surface area contributed by atoms with E-state index in [1.807, 2.05) is 0 Å². The fraction of sp³-hybridized carbons (Fsp3) is 0.0769. The summed E-state index contributed by atoms with van der Waals surface area (Å²) in [5.74, 6) is -0.999. The van der Waals surface area contributed by atoms with Crippen molar-refractivity contribution >= 4 is 29.0 Å². The zero-order valence-electron chi connectivity index (χ0n) is 10.7. The molecule has 2 aromatic rings. The lowest BCUT2D eigenvalue weighted by molar-refractivity contribution is -0.390. The minimum atomic E-state index is -0.679. The van der Waals surface area contributed by atoms with Crippen molar-refractivity contribution in [1.29, 1.82) is 0 Å². The molecule has 108 valence electrons. The summed E-state index contributed by atoms with van der Waals surface area (Å²) in [6, 6.07) is 9.56. The van der Waals surface area contributed by atoms with Gasteiger partial charge in [0.15, 0.2) is 6.61 Å². The third-order valence-electron chi connectivity index (χ3n) is 2.43. The molecule has 0 bridgehead atoms. The Morgan fingerprint density at radius 3 is 2.81 bits per heavy atom. The fourth-order valence-corrected chi connectivity index (χ4v) is 1.71. The molecule has 1 aromatic heterocycles. The Hall–Kier alpha value is -2.67. The minimum Gasteiger partial charge on any atom is -0.476 e. The summed E-state index contributed by atoms with van der Waals surface area (Å²) in [7, 11) is 0. The molecule has 21 heavy (non-hydrogen) atoms. The van der Waals surface area contributed by atoms with Crippen molar-refractivity contribution in [2.45, 2.75) is 0 Å². The second kappa shape index (κ2) is 6.67. The number of nitrogens with one attached hydrogen (secondary N) is 1. The molecule has 8 heteroatoms. The van der Waals surface area contributed by atoms with Crippen molar-refractivity contribution in [3.63, 3.8) is 0 Å². The highest BCUT2D eigenvalue weighted by Gasteiger charge is 2.16. The summed E-state index contributed by atoms with van der Waals surface area (Å²) in [4.78, 5) is 25.4. The number of hydrogen-bond donors (Lipinski definition) is 1. The molecule has 0 saturated heterocycles. The molecule has 0 atom stereocenters. The number of ether oxygens (including phenoxy) is 1. The van der Waals surface area contributed by atoms with E-state index in [0.717, 1.165) is 0 Å². The summed E-state index contributed by atoms with van der Waals surface area (Å²) < 4.78 is 5.11. The van der Waals surface area contributed by atoms with E-state index in [9.17, 15) is 14.9 Å². The van der Waals surface area contributed by atoms with Crippen LogP contribution in [-0.2, 0) is 4.79 Å². The van der Waals surface area contributed by atoms with Crippen LogP contribution in [0.25, 0.3) is 0 Å². The van der Waals surface area contributed by atoms with E-state index < -0.39 is 23.3 Å². The van der Waals surface area contributed by atoms with Crippen molar-refractivity contribution in [2.24, 2.45) is 0 Å². The predicted octanol–water partition coefficient (Wildman–Crippen LogP) is 2.66. The maximum absolute atomic E-state index is 11.7. The Balaban J connectivity index is 1.99. The zero-order chi connectivity index (χ0) is 15.2. The second-order valence-electron chi connectivity index (χ2n) is 3.90. The Labute approximate surface area is 124 Å². The van der Waals surface area contributed by atoms with Gasteiger partial charge >= 0.3 is 5.82 Å². The van der Waals surface area contributed by atoms with Crippen LogP contribution in [0, 0.1) is 10.1 Å². The van der Waals surface area contributed by atoms with Crippen LogP contribution in [0.1, 0.15) is 0 Å². The predicted molar refractivity (Wildman–Crippen MR) is 76.5 cm³/mol. The van der Waals surface area contributed by atoms with Gasteiger partial charge in [0.25, 0.3) is 5.91 Å². The number of pyridine rings is 1. The molecular weight excluding hydrogens is 298 g/mol. The molecular formula is C13H10ClN3O4. The molecule has 1 N–H and O–H groups in total. The van der Waals surface area contributed by atoms with E-state index in [2.05, 4.69) is 10.3 Å². The van der Waals surface area contributed by atoms with E-state index in [4.69, 9.17) is 16.3 Å². The molecule has 1 heterocycles. The van der Waals surface area contributed by atoms with E-state index >= 15 is 0 Å². The standard InChI is InChI=1S/C13H10ClN3O4/c14-9-4-1-2-5-10(9)16-12(18)8-21-11-6-3-7-15-13(11)17(19)20/h1-7H,8H2,(H,16,18). The first kappa shape index (κ1) is 14.7. The fourth-order valence-electron chi connectivity index (χ4n) is 1.52. The Morgan fingerprint density at radius 1 is 1.33 bits per heavy atom. The third kappa shape index (κ3) is 3.90. The number of benzene rings is 1. The van der Waals surface area contributed by atoms with Crippen LogP contribution in [0.3, 0.4) is 0 Å². The van der Waals surface area contributed by atoms with Crippen molar-refractivity contribution in [1.82, 2.24) is 4.98 Å². The number of aromatic nitrogens is 1. The lowest BCUT2D eigenvalue weighted by Crippen LogP contribution is -2.20. The second-order valence-corrected chi connectivity index (χ2v) is 4.31. The molecule has 7 nitrogen and oxygen atoms in total. The molecule has 2 rings (SSSR count). The number of anilines is 1. The first-order valence-corrected chi connectivity index (χ1v) is 6.22. The van der Waals surface area contributed by atoms with Crippen molar-refractivity contribution in [3.8, 4) is 5.75 Å². The maximum atomic E-state index is 11.7. The van der Waals surface area contributed by atoms with Gasteiger partial charge in [0.2, 0.25) is 5.75 Å².